The van der Waals surface area contributed by atoms with Crippen molar-refractivity contribution in [1.82, 2.24) is 5.32 Å². The number of ether oxygens (including phenoxy) is 1. The van der Waals surface area contributed by atoms with Gasteiger partial charge in [0, 0.05) is 6.08 Å². The molecule has 0 spiro atoms. The molecule has 0 aliphatic rings. The van der Waals surface area contributed by atoms with Crippen LogP contribution >= 0.6 is 0 Å². The van der Waals surface area contributed by atoms with Gasteiger partial charge in [0.2, 0.25) is 5.91 Å². The zero-order valence-electron chi connectivity index (χ0n) is 9.27. The molecule has 90 valence electrons. The average Bonchev–Trinajstić information content (AvgIpc) is 2.32. The highest BCUT2D eigenvalue weighted by atomic mass is 16.5. The van der Waals surface area contributed by atoms with Gasteiger partial charge < -0.3 is 4.74 Å². The number of hydrogen-bond acceptors (Lipinski definition) is 4. The van der Waals surface area contributed by atoms with Gasteiger partial charge in [-0.25, -0.2) is 4.79 Å². The molecule has 0 heterocycles. The second-order valence-corrected chi connectivity index (χ2v) is 2.80. The van der Waals surface area contributed by atoms with Crippen LogP contribution in [0, 0.1) is 0 Å². The molecule has 0 saturated heterocycles. The molecule has 0 rings (SSSR count). The van der Waals surface area contributed by atoms with Gasteiger partial charge in [0.15, 0.2) is 0 Å². The fraction of sp³-hybridized carbons (Fsp3) is 0.0833. The topological polar surface area (TPSA) is 72.5 Å². The molecule has 1 N–H and O–H groups in total. The number of hydrogen-bond donors (Lipinski definition) is 1. The highest BCUT2D eigenvalue weighted by Crippen LogP contribution is 1.97. The Balaban J connectivity index is 4.23. The van der Waals surface area contributed by atoms with Gasteiger partial charge in [0.05, 0.1) is 5.57 Å². The van der Waals surface area contributed by atoms with Crippen molar-refractivity contribution in [2.75, 3.05) is 6.61 Å². The average molecular weight is 235 g/mol. The van der Waals surface area contributed by atoms with Gasteiger partial charge in [-0.3, -0.25) is 14.9 Å². The summed E-state index contributed by atoms with van der Waals surface area (Å²) in [6.07, 6.45) is 4.51. The Kier molecular flexibility index (Phi) is 6.69. The van der Waals surface area contributed by atoms with Gasteiger partial charge in [0.1, 0.15) is 6.61 Å². The summed E-state index contributed by atoms with van der Waals surface area (Å²) < 4.78 is 4.66. The number of imide groups is 1. The Morgan fingerprint density at radius 3 is 2.29 bits per heavy atom. The minimum Gasteiger partial charge on any atom is -0.458 e. The van der Waals surface area contributed by atoms with E-state index in [-0.39, 0.29) is 12.2 Å². The standard InChI is InChI=1S/C12H13NO4/c1-4-8-17-12(16)9(3)6-7-11(15)13-10(14)5-2/h4-7H,1-3,8H2,(H,13,14,15). The lowest BCUT2D eigenvalue weighted by Crippen LogP contribution is -2.26. The highest BCUT2D eigenvalue weighted by Gasteiger charge is 2.05. The predicted molar refractivity (Wildman–Crippen MR) is 62.8 cm³/mol. The van der Waals surface area contributed by atoms with Gasteiger partial charge >= 0.3 is 5.97 Å². The van der Waals surface area contributed by atoms with Crippen molar-refractivity contribution in [2.24, 2.45) is 0 Å². The van der Waals surface area contributed by atoms with Crippen LogP contribution in [0.15, 0.2) is 49.6 Å². The van der Waals surface area contributed by atoms with Crippen molar-refractivity contribution >= 4 is 17.8 Å². The molecule has 0 fully saturated rings. The molecule has 5 nitrogen and oxygen atoms in total. The van der Waals surface area contributed by atoms with Crippen molar-refractivity contribution in [1.29, 1.82) is 0 Å². The van der Waals surface area contributed by atoms with Crippen LogP contribution in [0.25, 0.3) is 0 Å². The van der Waals surface area contributed by atoms with E-state index in [4.69, 9.17) is 0 Å². The number of esters is 1. The van der Waals surface area contributed by atoms with E-state index in [1.165, 1.54) is 6.08 Å². The molecule has 0 aromatic heterocycles. The van der Waals surface area contributed by atoms with Crippen LogP contribution < -0.4 is 5.32 Å². The largest absolute Gasteiger partial charge is 0.458 e. The Bertz CT molecular complexity index is 393. The molecule has 0 aromatic rings. The zero-order chi connectivity index (χ0) is 13.3. The first-order chi connectivity index (χ1) is 8.01. The van der Waals surface area contributed by atoms with E-state index >= 15 is 0 Å². The lowest BCUT2D eigenvalue weighted by molar-refractivity contribution is -0.137. The highest BCUT2D eigenvalue weighted by molar-refractivity contribution is 6.05. The molecule has 17 heavy (non-hydrogen) atoms. The SMILES string of the molecule is C=CCOC(=O)C(=C)C=CC(=O)NC(=O)C=C. The van der Waals surface area contributed by atoms with Crippen molar-refractivity contribution < 1.29 is 19.1 Å². The van der Waals surface area contributed by atoms with Crippen molar-refractivity contribution in [3.05, 3.63) is 49.6 Å². The van der Waals surface area contributed by atoms with Crippen molar-refractivity contribution in [3.63, 3.8) is 0 Å². The fourth-order valence-corrected chi connectivity index (χ4v) is 0.686. The molecule has 0 aliphatic heterocycles. The summed E-state index contributed by atoms with van der Waals surface area (Å²) in [5.41, 5.74) is -0.00643. The minimum absolute atomic E-state index is 0.00643. The van der Waals surface area contributed by atoms with Gasteiger partial charge in [-0.15, -0.1) is 0 Å². The number of nitrogens with one attached hydrogen (secondary N) is 1. The van der Waals surface area contributed by atoms with E-state index in [0.717, 1.165) is 18.2 Å². The third kappa shape index (κ3) is 6.62. The van der Waals surface area contributed by atoms with Crippen LogP contribution in [0.4, 0.5) is 0 Å². The first kappa shape index (κ1) is 14.6. The summed E-state index contributed by atoms with van der Waals surface area (Å²) in [5, 5.41) is 1.97. The summed E-state index contributed by atoms with van der Waals surface area (Å²) in [5.74, 6) is -1.96. The number of carbonyl (C=O) groups is 3. The normalized spacial score (nSPS) is 9.41. The molecule has 0 atom stereocenters. The van der Waals surface area contributed by atoms with E-state index in [1.54, 1.807) is 0 Å². The summed E-state index contributed by atoms with van der Waals surface area (Å²) in [4.78, 5) is 33.0. The van der Waals surface area contributed by atoms with E-state index in [1.807, 2.05) is 5.32 Å². The van der Waals surface area contributed by atoms with Crippen LogP contribution in [0.3, 0.4) is 0 Å². The van der Waals surface area contributed by atoms with Crippen LogP contribution in [0.2, 0.25) is 0 Å². The third-order valence-corrected chi connectivity index (χ3v) is 1.46. The van der Waals surface area contributed by atoms with E-state index in [9.17, 15) is 14.4 Å². The maximum Gasteiger partial charge on any atom is 0.337 e. The molecule has 0 aliphatic carbocycles. The van der Waals surface area contributed by atoms with Crippen molar-refractivity contribution in [3.8, 4) is 0 Å². The summed E-state index contributed by atoms with van der Waals surface area (Å²) >= 11 is 0. The predicted octanol–water partition coefficient (Wildman–Crippen LogP) is 0.657. The maximum absolute atomic E-state index is 11.2. The summed E-state index contributed by atoms with van der Waals surface area (Å²) in [6.45, 7) is 10.0. The fourth-order valence-electron chi connectivity index (χ4n) is 0.686. The molecular formula is C12H13NO4. The van der Waals surface area contributed by atoms with Crippen LogP contribution in [0.1, 0.15) is 0 Å². The maximum atomic E-state index is 11.2. The van der Waals surface area contributed by atoms with Gasteiger partial charge in [-0.05, 0) is 12.2 Å². The molecule has 0 aromatic carbocycles. The number of carbonyl (C=O) groups excluding carboxylic acids is 3. The van der Waals surface area contributed by atoms with E-state index in [2.05, 4.69) is 24.5 Å². The third-order valence-electron chi connectivity index (χ3n) is 1.46. The Labute approximate surface area is 99.1 Å². The lowest BCUT2D eigenvalue weighted by atomic mass is 10.3. The van der Waals surface area contributed by atoms with Gasteiger partial charge in [0.25, 0.3) is 5.91 Å². The molecule has 0 saturated carbocycles. The molecule has 0 unspecified atom stereocenters. The summed E-state index contributed by atoms with van der Waals surface area (Å²) in [6, 6.07) is 0. The molecule has 2 amide bonds. The van der Waals surface area contributed by atoms with Crippen molar-refractivity contribution in [2.45, 2.75) is 0 Å². The van der Waals surface area contributed by atoms with Crippen LogP contribution in [0.5, 0.6) is 0 Å². The first-order valence-corrected chi connectivity index (χ1v) is 4.63. The molecule has 5 heteroatoms. The molecule has 0 bridgehead atoms. The molecular weight excluding hydrogens is 222 g/mol. The van der Waals surface area contributed by atoms with Crippen LogP contribution in [-0.2, 0) is 19.1 Å². The summed E-state index contributed by atoms with van der Waals surface area (Å²) in [7, 11) is 0. The smallest absolute Gasteiger partial charge is 0.337 e. The second-order valence-electron chi connectivity index (χ2n) is 2.80. The number of rotatable bonds is 6. The Hall–Kier alpha value is -2.43. The van der Waals surface area contributed by atoms with Gasteiger partial charge in [-0.1, -0.05) is 25.8 Å². The first-order valence-electron chi connectivity index (χ1n) is 4.63. The van der Waals surface area contributed by atoms with Gasteiger partial charge in [-0.2, -0.15) is 0 Å². The molecule has 0 radical (unpaired) electrons. The number of amides is 2. The van der Waals surface area contributed by atoms with Crippen LogP contribution in [-0.4, -0.2) is 24.4 Å². The second kappa shape index (κ2) is 7.81. The van der Waals surface area contributed by atoms with E-state index in [0.29, 0.717) is 0 Å². The van der Waals surface area contributed by atoms with E-state index < -0.39 is 17.8 Å². The monoisotopic (exact) mass is 235 g/mol. The minimum atomic E-state index is -0.674. The quantitative estimate of drug-likeness (QED) is 0.317. The lowest BCUT2D eigenvalue weighted by Gasteiger charge is -2.00. The Morgan fingerprint density at radius 1 is 1.12 bits per heavy atom. The Morgan fingerprint density at radius 2 is 1.76 bits per heavy atom. The zero-order valence-corrected chi connectivity index (χ0v) is 9.27.